The monoisotopic (exact) mass is 604 g/mol. The van der Waals surface area contributed by atoms with Gasteiger partial charge in [0.15, 0.2) is 5.84 Å². The van der Waals surface area contributed by atoms with Crippen LogP contribution in [0.2, 0.25) is 0 Å². The second-order valence-corrected chi connectivity index (χ2v) is 9.61. The number of amides is 3. The van der Waals surface area contributed by atoms with E-state index >= 15 is 0 Å². The maximum atomic E-state index is 13.3. The van der Waals surface area contributed by atoms with Crippen LogP contribution in [0.4, 0.5) is 10.5 Å². The van der Waals surface area contributed by atoms with E-state index in [0.717, 1.165) is 23.2 Å². The summed E-state index contributed by atoms with van der Waals surface area (Å²) in [6, 6.07) is 11.1. The summed E-state index contributed by atoms with van der Waals surface area (Å²) >= 11 is 0. The van der Waals surface area contributed by atoms with Gasteiger partial charge in [0.25, 0.3) is 11.8 Å². The zero-order chi connectivity index (χ0) is 32.2. The molecule has 0 unspecified atom stereocenters. The number of nitrogens with two attached hydrogens (primary N) is 1. The van der Waals surface area contributed by atoms with E-state index in [1.54, 1.807) is 44.2 Å². The van der Waals surface area contributed by atoms with E-state index in [1.807, 2.05) is 13.8 Å². The predicted octanol–water partition coefficient (Wildman–Crippen LogP) is 3.88. The van der Waals surface area contributed by atoms with Gasteiger partial charge in [-0.3, -0.25) is 14.4 Å². The average molecular weight is 605 g/mol. The molecule has 0 aliphatic carbocycles. The van der Waals surface area contributed by atoms with Crippen molar-refractivity contribution in [2.24, 2.45) is 15.7 Å². The minimum absolute atomic E-state index is 0.0208. The van der Waals surface area contributed by atoms with Crippen LogP contribution >= 0.6 is 0 Å². The summed E-state index contributed by atoms with van der Waals surface area (Å²) in [6.07, 6.45) is 2.19. The van der Waals surface area contributed by atoms with Gasteiger partial charge < -0.3 is 30.6 Å². The van der Waals surface area contributed by atoms with Crippen molar-refractivity contribution in [1.29, 1.82) is 0 Å². The van der Waals surface area contributed by atoms with Crippen LogP contribution in [0.1, 0.15) is 63.4 Å². The first-order valence-corrected chi connectivity index (χ1v) is 13.9. The molecule has 0 atom stereocenters. The number of hydrogen-bond acceptors (Lipinski definition) is 8. The number of carbonyl (C=O) groups excluding carboxylic acids is 4. The number of carbonyl (C=O) groups is 4. The number of phenols is 1. The highest BCUT2D eigenvalue weighted by Crippen LogP contribution is 2.24. The van der Waals surface area contributed by atoms with Crippen molar-refractivity contribution >= 4 is 41.7 Å². The summed E-state index contributed by atoms with van der Waals surface area (Å²) in [5, 5.41) is 12.2. The fourth-order valence-electron chi connectivity index (χ4n) is 4.05. The van der Waals surface area contributed by atoms with E-state index in [1.165, 1.54) is 18.3 Å². The van der Waals surface area contributed by atoms with E-state index in [4.69, 9.17) is 15.2 Å². The van der Waals surface area contributed by atoms with E-state index in [9.17, 15) is 24.3 Å². The van der Waals surface area contributed by atoms with Crippen LogP contribution in [0.3, 0.4) is 0 Å². The number of imide groups is 1. The maximum absolute atomic E-state index is 13.3. The smallest absolute Gasteiger partial charge is 0.419 e. The molecule has 0 saturated carbocycles. The van der Waals surface area contributed by atoms with Gasteiger partial charge in [-0.15, -0.1) is 0 Å². The number of aryl methyl sites for hydroxylation is 1. The third kappa shape index (κ3) is 8.53. The van der Waals surface area contributed by atoms with Crippen molar-refractivity contribution < 1.29 is 33.8 Å². The first-order valence-electron chi connectivity index (χ1n) is 13.9. The predicted molar refractivity (Wildman–Crippen MR) is 164 cm³/mol. The molecule has 0 aliphatic rings. The number of benzene rings is 2. The molecule has 0 aliphatic heterocycles. The quantitative estimate of drug-likeness (QED) is 0.110. The molecule has 1 aromatic heterocycles. The molecule has 13 nitrogen and oxygen atoms in total. The van der Waals surface area contributed by atoms with Gasteiger partial charge in [0.05, 0.1) is 29.7 Å². The lowest BCUT2D eigenvalue weighted by Crippen LogP contribution is -2.37. The Bertz CT molecular complexity index is 1560. The lowest BCUT2D eigenvalue weighted by Gasteiger charge is -2.18. The highest BCUT2D eigenvalue weighted by Gasteiger charge is 2.27. The molecule has 0 fully saturated rings. The van der Waals surface area contributed by atoms with Crippen LogP contribution in [-0.4, -0.2) is 70.9 Å². The second kappa shape index (κ2) is 15.7. The number of hydrogen-bond donors (Lipinski definition) is 4. The summed E-state index contributed by atoms with van der Waals surface area (Å²) in [4.78, 5) is 63.2. The van der Waals surface area contributed by atoms with Crippen LogP contribution in [0, 0.1) is 13.8 Å². The topological polar surface area (TPSA) is 189 Å². The number of aromatic nitrogens is 1. The summed E-state index contributed by atoms with van der Waals surface area (Å²) in [7, 11) is 0. The van der Waals surface area contributed by atoms with Crippen LogP contribution in [0.15, 0.2) is 58.6 Å². The SMILES string of the molecule is CCCNC(=O)c1ccc(C)c(N=C(N=CN)c2[nH]cc(C(=O)N(CC)C(=O)OCOC(=O)Cc3ccc(O)cc3)c2C)c1. The van der Waals surface area contributed by atoms with Crippen LogP contribution < -0.4 is 11.1 Å². The lowest BCUT2D eigenvalue weighted by molar-refractivity contribution is -0.151. The average Bonchev–Trinajstić information content (AvgIpc) is 3.39. The third-order valence-corrected chi connectivity index (χ3v) is 6.49. The van der Waals surface area contributed by atoms with Gasteiger partial charge in [0.1, 0.15) is 5.75 Å². The molecule has 232 valence electrons. The molecular formula is C31H36N6O7. The number of aromatic amines is 1. The molecule has 5 N–H and O–H groups in total. The number of aliphatic imine (C=N–C) groups is 2. The Kier molecular flexibility index (Phi) is 11.8. The minimum Gasteiger partial charge on any atom is -0.508 e. The number of ether oxygens (including phenoxy) is 2. The second-order valence-electron chi connectivity index (χ2n) is 9.61. The van der Waals surface area contributed by atoms with Crippen molar-refractivity contribution in [3.63, 3.8) is 0 Å². The molecule has 0 bridgehead atoms. The van der Waals surface area contributed by atoms with Crippen molar-refractivity contribution in [2.45, 2.75) is 40.5 Å². The number of nitrogens with one attached hydrogen (secondary N) is 2. The number of H-pyrrole nitrogens is 1. The van der Waals surface area contributed by atoms with E-state index in [0.29, 0.717) is 34.6 Å². The molecule has 0 spiro atoms. The minimum atomic E-state index is -1.00. The van der Waals surface area contributed by atoms with Gasteiger partial charge in [0, 0.05) is 24.8 Å². The summed E-state index contributed by atoms with van der Waals surface area (Å²) in [5.74, 6) is -1.32. The van der Waals surface area contributed by atoms with E-state index in [-0.39, 0.29) is 36.0 Å². The van der Waals surface area contributed by atoms with Crippen LogP contribution in [-0.2, 0) is 20.7 Å². The highest BCUT2D eigenvalue weighted by atomic mass is 16.7. The van der Waals surface area contributed by atoms with Gasteiger partial charge in [-0.2, -0.15) is 0 Å². The zero-order valence-electron chi connectivity index (χ0n) is 25.0. The first-order chi connectivity index (χ1) is 21.1. The van der Waals surface area contributed by atoms with Crippen molar-refractivity contribution in [3.05, 3.63) is 82.2 Å². The molecule has 0 saturated heterocycles. The molecule has 3 amide bonds. The highest BCUT2D eigenvalue weighted by molar-refractivity contribution is 6.09. The third-order valence-electron chi connectivity index (χ3n) is 6.49. The Balaban J connectivity index is 1.74. The molecule has 3 rings (SSSR count). The van der Waals surface area contributed by atoms with Crippen LogP contribution in [0.5, 0.6) is 5.75 Å². The molecule has 1 heterocycles. The summed E-state index contributed by atoms with van der Waals surface area (Å²) in [6.45, 7) is 6.88. The van der Waals surface area contributed by atoms with Crippen molar-refractivity contribution in [3.8, 4) is 5.75 Å². The Morgan fingerprint density at radius 2 is 1.80 bits per heavy atom. The molecule has 44 heavy (non-hydrogen) atoms. The number of esters is 1. The fraction of sp³-hybridized carbons (Fsp3) is 0.290. The lowest BCUT2D eigenvalue weighted by atomic mass is 10.1. The molecule has 2 aromatic carbocycles. The zero-order valence-corrected chi connectivity index (χ0v) is 25.0. The molecule has 3 aromatic rings. The van der Waals surface area contributed by atoms with Crippen molar-refractivity contribution in [1.82, 2.24) is 15.2 Å². The molecule has 0 radical (unpaired) electrons. The Labute approximate surface area is 254 Å². The fourth-order valence-corrected chi connectivity index (χ4v) is 4.05. The number of nitrogens with zero attached hydrogens (tertiary/aromatic N) is 3. The van der Waals surface area contributed by atoms with Gasteiger partial charge in [0.2, 0.25) is 6.79 Å². The Hall–Kier alpha value is -5.46. The Morgan fingerprint density at radius 3 is 2.45 bits per heavy atom. The summed E-state index contributed by atoms with van der Waals surface area (Å²) in [5.41, 5.74) is 8.88. The number of aromatic hydroxyl groups is 1. The maximum Gasteiger partial charge on any atom is 0.419 e. The normalized spacial score (nSPS) is 11.3. The largest absolute Gasteiger partial charge is 0.508 e. The van der Waals surface area contributed by atoms with Crippen LogP contribution in [0.25, 0.3) is 0 Å². The standard InChI is InChI=1S/C31H36N6O7/c1-5-13-33-29(40)22-10-7-19(3)25(15-22)36-28(35-17-32)27-20(4)24(16-34-27)30(41)37(6-2)31(42)44-18-43-26(39)14-21-8-11-23(38)12-9-21/h7-12,15-17,34,38H,5-6,13-14,18H2,1-4H3,(H,33,40)(H2,32,35,36). The number of rotatable bonds is 11. The van der Waals surface area contributed by atoms with Crippen molar-refractivity contribution in [2.75, 3.05) is 19.9 Å². The molecular weight excluding hydrogens is 568 g/mol. The molecule has 13 heteroatoms. The van der Waals surface area contributed by atoms with Gasteiger partial charge in [-0.05, 0) is 68.1 Å². The summed E-state index contributed by atoms with van der Waals surface area (Å²) < 4.78 is 9.99. The Morgan fingerprint density at radius 1 is 1.07 bits per heavy atom. The van der Waals surface area contributed by atoms with Gasteiger partial charge in [-0.25, -0.2) is 19.7 Å². The van der Waals surface area contributed by atoms with Gasteiger partial charge in [-0.1, -0.05) is 25.1 Å². The number of phenolic OH excluding ortho intramolecular Hbond substituents is 1. The first kappa shape index (κ1) is 33.0. The van der Waals surface area contributed by atoms with E-state index < -0.39 is 24.8 Å². The van der Waals surface area contributed by atoms with E-state index in [2.05, 4.69) is 20.3 Å². The number of amidine groups is 1. The van der Waals surface area contributed by atoms with Gasteiger partial charge >= 0.3 is 12.1 Å².